The molecule has 1 saturated heterocycles. The van der Waals surface area contributed by atoms with E-state index in [9.17, 15) is 4.79 Å². The van der Waals surface area contributed by atoms with Gasteiger partial charge in [-0.2, -0.15) is 0 Å². The molecule has 0 radical (unpaired) electrons. The van der Waals surface area contributed by atoms with E-state index < -0.39 is 0 Å². The molecule has 1 aliphatic heterocycles. The van der Waals surface area contributed by atoms with Crippen molar-refractivity contribution in [3.05, 3.63) is 18.2 Å². The highest BCUT2D eigenvalue weighted by Crippen LogP contribution is 2.31. The predicted molar refractivity (Wildman–Crippen MR) is 77.4 cm³/mol. The second-order valence-corrected chi connectivity index (χ2v) is 4.61. The van der Waals surface area contributed by atoms with Gasteiger partial charge in [-0.05, 0) is 12.1 Å². The summed E-state index contributed by atoms with van der Waals surface area (Å²) in [7, 11) is 3.24. The molecule has 0 bridgehead atoms. The van der Waals surface area contributed by atoms with Gasteiger partial charge in [0.25, 0.3) is 0 Å². The number of rotatable bonds is 4. The van der Waals surface area contributed by atoms with Gasteiger partial charge in [0.1, 0.15) is 0 Å². The molecule has 1 aliphatic rings. The van der Waals surface area contributed by atoms with Gasteiger partial charge in [-0.1, -0.05) is 0 Å². The van der Waals surface area contributed by atoms with Crippen molar-refractivity contribution >= 4 is 11.6 Å². The molecule has 6 heteroatoms. The van der Waals surface area contributed by atoms with Crippen molar-refractivity contribution in [3.63, 3.8) is 0 Å². The zero-order chi connectivity index (χ0) is 14.5. The summed E-state index contributed by atoms with van der Waals surface area (Å²) in [5.74, 6) is 1.44. The number of nitrogens with zero attached hydrogens (tertiary/aromatic N) is 2. The minimum Gasteiger partial charge on any atom is -0.493 e. The highest BCUT2D eigenvalue weighted by molar-refractivity contribution is 5.78. The third-order valence-corrected chi connectivity index (χ3v) is 3.54. The fraction of sp³-hybridized carbons (Fsp3) is 0.500. The lowest BCUT2D eigenvalue weighted by Crippen LogP contribution is -2.50. The maximum atomic E-state index is 11.5. The molecule has 20 heavy (non-hydrogen) atoms. The van der Waals surface area contributed by atoms with E-state index >= 15 is 0 Å². The first-order valence-corrected chi connectivity index (χ1v) is 6.64. The number of benzene rings is 1. The van der Waals surface area contributed by atoms with Crippen LogP contribution in [0.3, 0.4) is 0 Å². The SMILES string of the molecule is COc1ccc(N2CCN(C(=O)CN)CC2)cc1OC. The average Bonchev–Trinajstić information content (AvgIpc) is 2.53. The number of anilines is 1. The van der Waals surface area contributed by atoms with Crippen LogP contribution >= 0.6 is 0 Å². The third kappa shape index (κ3) is 2.96. The molecule has 1 aromatic carbocycles. The van der Waals surface area contributed by atoms with Crippen LogP contribution in [0.15, 0.2) is 18.2 Å². The Morgan fingerprint density at radius 2 is 1.80 bits per heavy atom. The number of carbonyl (C=O) groups excluding carboxylic acids is 1. The maximum absolute atomic E-state index is 11.5. The Morgan fingerprint density at radius 1 is 1.15 bits per heavy atom. The highest BCUT2D eigenvalue weighted by Gasteiger charge is 2.21. The molecule has 2 rings (SSSR count). The predicted octanol–water partition coefficient (Wildman–Crippen LogP) is 0.311. The average molecular weight is 279 g/mol. The highest BCUT2D eigenvalue weighted by atomic mass is 16.5. The Bertz CT molecular complexity index is 471. The van der Waals surface area contributed by atoms with Gasteiger partial charge < -0.3 is 25.0 Å². The summed E-state index contributed by atoms with van der Waals surface area (Å²) < 4.78 is 10.5. The van der Waals surface area contributed by atoms with E-state index in [0.717, 1.165) is 18.8 Å². The molecular formula is C14H21N3O3. The minimum atomic E-state index is 0.0111. The molecule has 0 saturated carbocycles. The molecule has 110 valence electrons. The van der Waals surface area contributed by atoms with Crippen molar-refractivity contribution in [2.45, 2.75) is 0 Å². The number of methoxy groups -OCH3 is 2. The number of nitrogens with two attached hydrogens (primary N) is 1. The van der Waals surface area contributed by atoms with Crippen LogP contribution in [0.4, 0.5) is 5.69 Å². The summed E-state index contributed by atoms with van der Waals surface area (Å²) in [6.07, 6.45) is 0. The molecular weight excluding hydrogens is 258 g/mol. The standard InChI is InChI=1S/C14H21N3O3/c1-19-12-4-3-11(9-13(12)20-2)16-5-7-17(8-6-16)14(18)10-15/h3-4,9H,5-8,10,15H2,1-2H3. The van der Waals surface area contributed by atoms with Gasteiger partial charge >= 0.3 is 0 Å². The van der Waals surface area contributed by atoms with Crippen molar-refractivity contribution in [1.82, 2.24) is 4.90 Å². The second-order valence-electron chi connectivity index (χ2n) is 4.61. The summed E-state index contributed by atoms with van der Waals surface area (Å²) in [6, 6.07) is 5.85. The van der Waals surface area contributed by atoms with Crippen molar-refractivity contribution in [1.29, 1.82) is 0 Å². The Morgan fingerprint density at radius 3 is 2.35 bits per heavy atom. The van der Waals surface area contributed by atoms with Crippen LogP contribution in [0.5, 0.6) is 11.5 Å². The number of piperazine rings is 1. The summed E-state index contributed by atoms with van der Waals surface area (Å²) in [6.45, 7) is 3.06. The molecule has 0 unspecified atom stereocenters. The lowest BCUT2D eigenvalue weighted by atomic mass is 10.2. The maximum Gasteiger partial charge on any atom is 0.236 e. The van der Waals surface area contributed by atoms with Gasteiger partial charge in [-0.25, -0.2) is 0 Å². The first-order chi connectivity index (χ1) is 9.69. The van der Waals surface area contributed by atoms with Crippen LogP contribution in [-0.4, -0.2) is 57.8 Å². The lowest BCUT2D eigenvalue weighted by Gasteiger charge is -2.36. The molecule has 6 nitrogen and oxygen atoms in total. The van der Waals surface area contributed by atoms with Crippen LogP contribution < -0.4 is 20.1 Å². The van der Waals surface area contributed by atoms with Gasteiger partial charge in [-0.3, -0.25) is 4.79 Å². The van der Waals surface area contributed by atoms with Gasteiger partial charge in [0.05, 0.1) is 20.8 Å². The van der Waals surface area contributed by atoms with E-state index in [0.29, 0.717) is 24.6 Å². The first kappa shape index (κ1) is 14.5. The van der Waals surface area contributed by atoms with Crippen LogP contribution in [0.1, 0.15) is 0 Å². The molecule has 1 amide bonds. The molecule has 0 aromatic heterocycles. The van der Waals surface area contributed by atoms with Crippen LogP contribution in [-0.2, 0) is 4.79 Å². The van der Waals surface area contributed by atoms with Gasteiger partial charge in [-0.15, -0.1) is 0 Å². The monoisotopic (exact) mass is 279 g/mol. The molecule has 0 atom stereocenters. The largest absolute Gasteiger partial charge is 0.493 e. The Labute approximate surface area is 119 Å². The Hall–Kier alpha value is -1.95. The first-order valence-electron chi connectivity index (χ1n) is 6.64. The van der Waals surface area contributed by atoms with Crippen molar-refractivity contribution in [2.24, 2.45) is 5.73 Å². The van der Waals surface area contributed by atoms with Crippen molar-refractivity contribution in [2.75, 3.05) is 51.8 Å². The van der Waals surface area contributed by atoms with E-state index in [1.807, 2.05) is 18.2 Å². The van der Waals surface area contributed by atoms with E-state index in [2.05, 4.69) is 4.90 Å². The fourth-order valence-electron chi connectivity index (χ4n) is 2.36. The molecule has 1 fully saturated rings. The van der Waals surface area contributed by atoms with Crippen LogP contribution in [0.25, 0.3) is 0 Å². The lowest BCUT2D eigenvalue weighted by molar-refractivity contribution is -0.129. The molecule has 2 N–H and O–H groups in total. The summed E-state index contributed by atoms with van der Waals surface area (Å²) in [5, 5.41) is 0. The summed E-state index contributed by atoms with van der Waals surface area (Å²) in [4.78, 5) is 15.6. The van der Waals surface area contributed by atoms with Gasteiger partial charge in [0.2, 0.25) is 5.91 Å². The van der Waals surface area contributed by atoms with E-state index in [4.69, 9.17) is 15.2 Å². The minimum absolute atomic E-state index is 0.0111. The zero-order valence-electron chi connectivity index (χ0n) is 12.0. The third-order valence-electron chi connectivity index (χ3n) is 3.54. The van der Waals surface area contributed by atoms with Crippen LogP contribution in [0, 0.1) is 0 Å². The number of hydrogen-bond donors (Lipinski definition) is 1. The number of hydrogen-bond acceptors (Lipinski definition) is 5. The molecule has 0 spiro atoms. The normalized spacial score (nSPS) is 15.2. The molecule has 1 aromatic rings. The molecule has 1 heterocycles. The Kier molecular flexibility index (Phi) is 4.68. The van der Waals surface area contributed by atoms with Gasteiger partial charge in [0, 0.05) is 37.9 Å². The number of carbonyl (C=O) groups is 1. The van der Waals surface area contributed by atoms with E-state index in [1.165, 1.54) is 0 Å². The summed E-state index contributed by atoms with van der Waals surface area (Å²) in [5.41, 5.74) is 6.46. The number of ether oxygens (including phenoxy) is 2. The fourth-order valence-corrected chi connectivity index (χ4v) is 2.36. The van der Waals surface area contributed by atoms with Gasteiger partial charge in [0.15, 0.2) is 11.5 Å². The van der Waals surface area contributed by atoms with E-state index in [-0.39, 0.29) is 12.5 Å². The zero-order valence-corrected chi connectivity index (χ0v) is 12.0. The van der Waals surface area contributed by atoms with Crippen LogP contribution in [0.2, 0.25) is 0 Å². The van der Waals surface area contributed by atoms with Crippen molar-refractivity contribution in [3.8, 4) is 11.5 Å². The topological polar surface area (TPSA) is 68.0 Å². The second kappa shape index (κ2) is 6.47. The summed E-state index contributed by atoms with van der Waals surface area (Å²) >= 11 is 0. The van der Waals surface area contributed by atoms with E-state index in [1.54, 1.807) is 19.1 Å². The molecule has 0 aliphatic carbocycles. The smallest absolute Gasteiger partial charge is 0.236 e. The quantitative estimate of drug-likeness (QED) is 0.859. The van der Waals surface area contributed by atoms with Crippen molar-refractivity contribution < 1.29 is 14.3 Å². The number of amides is 1. The Balaban J connectivity index is 2.05.